The van der Waals surface area contributed by atoms with Crippen LogP contribution in [0.2, 0.25) is 0 Å². The van der Waals surface area contributed by atoms with Crippen LogP contribution in [-0.4, -0.2) is 7.05 Å². The summed E-state index contributed by atoms with van der Waals surface area (Å²) in [5, 5.41) is 3.00. The van der Waals surface area contributed by atoms with Gasteiger partial charge in [-0.2, -0.15) is 0 Å². The third kappa shape index (κ3) is 2.51. The maximum atomic E-state index is 13.9. The number of aryl methyl sites for hydroxylation is 1. The van der Waals surface area contributed by atoms with Crippen LogP contribution >= 0.6 is 0 Å². The third-order valence-electron chi connectivity index (χ3n) is 3.53. The molecule has 2 aromatic carbocycles. The Balaban J connectivity index is 2.60. The van der Waals surface area contributed by atoms with E-state index >= 15 is 0 Å². The summed E-state index contributed by atoms with van der Waals surface area (Å²) in [4.78, 5) is 0. The molecule has 3 heteroatoms. The molecule has 0 aliphatic heterocycles. The second-order valence-electron chi connectivity index (χ2n) is 4.65. The lowest BCUT2D eigenvalue weighted by molar-refractivity contribution is 0.521. The predicted octanol–water partition coefficient (Wildman–Crippen LogP) is 3.89. The van der Waals surface area contributed by atoms with Crippen molar-refractivity contribution < 1.29 is 8.78 Å². The van der Waals surface area contributed by atoms with Crippen LogP contribution in [0.5, 0.6) is 0 Å². The molecule has 2 aromatic rings. The predicted molar refractivity (Wildman–Crippen MR) is 73.2 cm³/mol. The maximum Gasteiger partial charge on any atom is 0.131 e. The molecular formula is C16H17F2N. The molecular weight excluding hydrogens is 244 g/mol. The van der Waals surface area contributed by atoms with Crippen LogP contribution in [0.4, 0.5) is 8.78 Å². The molecule has 0 radical (unpaired) electrons. The molecule has 0 saturated heterocycles. The topological polar surface area (TPSA) is 12.0 Å². The van der Waals surface area contributed by atoms with E-state index in [1.165, 1.54) is 18.2 Å². The lowest BCUT2D eigenvalue weighted by atomic mass is 9.92. The zero-order valence-corrected chi connectivity index (χ0v) is 11.3. The summed E-state index contributed by atoms with van der Waals surface area (Å²) in [7, 11) is 1.71. The standard InChI is InChI=1S/C16H17F2N/c1-10-6-4-7-12(11(10)2)16(19-3)15-13(17)8-5-9-14(15)18/h4-9,16,19H,1-3H3. The smallest absolute Gasteiger partial charge is 0.131 e. The van der Waals surface area contributed by atoms with Gasteiger partial charge in [-0.3, -0.25) is 0 Å². The van der Waals surface area contributed by atoms with Gasteiger partial charge in [0.1, 0.15) is 11.6 Å². The van der Waals surface area contributed by atoms with Crippen molar-refractivity contribution in [2.75, 3.05) is 7.05 Å². The quantitative estimate of drug-likeness (QED) is 0.883. The Labute approximate surface area is 112 Å². The van der Waals surface area contributed by atoms with Crippen molar-refractivity contribution in [3.63, 3.8) is 0 Å². The van der Waals surface area contributed by atoms with Crippen molar-refractivity contribution >= 4 is 0 Å². The number of hydrogen-bond donors (Lipinski definition) is 1. The molecule has 1 atom stereocenters. The number of nitrogens with one attached hydrogen (secondary N) is 1. The first kappa shape index (κ1) is 13.7. The minimum atomic E-state index is -0.528. The van der Waals surface area contributed by atoms with Crippen molar-refractivity contribution in [1.29, 1.82) is 0 Å². The van der Waals surface area contributed by atoms with Crippen molar-refractivity contribution in [2.45, 2.75) is 19.9 Å². The molecule has 1 nitrogen and oxygen atoms in total. The van der Waals surface area contributed by atoms with Crippen molar-refractivity contribution in [2.24, 2.45) is 0 Å². The fourth-order valence-electron chi connectivity index (χ4n) is 2.33. The van der Waals surface area contributed by atoms with Gasteiger partial charge in [-0.15, -0.1) is 0 Å². The van der Waals surface area contributed by atoms with Gasteiger partial charge >= 0.3 is 0 Å². The van der Waals surface area contributed by atoms with Crippen LogP contribution in [0.1, 0.15) is 28.3 Å². The summed E-state index contributed by atoms with van der Waals surface area (Å²) < 4.78 is 27.9. The van der Waals surface area contributed by atoms with Crippen LogP contribution in [-0.2, 0) is 0 Å². The van der Waals surface area contributed by atoms with Gasteiger partial charge in [-0.1, -0.05) is 24.3 Å². The Morgan fingerprint density at radius 1 is 0.947 bits per heavy atom. The van der Waals surface area contributed by atoms with E-state index in [1.54, 1.807) is 7.05 Å². The molecule has 1 N–H and O–H groups in total. The van der Waals surface area contributed by atoms with Gasteiger partial charge < -0.3 is 5.32 Å². The molecule has 0 heterocycles. The second-order valence-corrected chi connectivity index (χ2v) is 4.65. The van der Waals surface area contributed by atoms with E-state index in [9.17, 15) is 8.78 Å². The molecule has 0 bridgehead atoms. The summed E-state index contributed by atoms with van der Waals surface area (Å²) in [6.07, 6.45) is 0. The van der Waals surface area contributed by atoms with E-state index in [4.69, 9.17) is 0 Å². The molecule has 0 fully saturated rings. The zero-order chi connectivity index (χ0) is 14.0. The highest BCUT2D eigenvalue weighted by Gasteiger charge is 2.21. The molecule has 0 aromatic heterocycles. The summed E-state index contributed by atoms with van der Waals surface area (Å²) in [6, 6.07) is 9.26. The van der Waals surface area contributed by atoms with Crippen LogP contribution in [0.15, 0.2) is 36.4 Å². The first-order valence-electron chi connectivity index (χ1n) is 6.23. The Morgan fingerprint density at radius 3 is 2.11 bits per heavy atom. The van der Waals surface area contributed by atoms with Gasteiger partial charge in [0.15, 0.2) is 0 Å². The van der Waals surface area contributed by atoms with E-state index in [1.807, 2.05) is 32.0 Å². The largest absolute Gasteiger partial charge is 0.309 e. The lowest BCUT2D eigenvalue weighted by Crippen LogP contribution is -2.21. The summed E-state index contributed by atoms with van der Waals surface area (Å²) in [5.74, 6) is -1.06. The number of halogens is 2. The maximum absolute atomic E-state index is 13.9. The molecule has 0 amide bonds. The zero-order valence-electron chi connectivity index (χ0n) is 11.3. The molecule has 0 aliphatic rings. The SMILES string of the molecule is CNC(c1cccc(C)c1C)c1c(F)cccc1F. The first-order chi connectivity index (χ1) is 9.06. The van der Waals surface area contributed by atoms with Gasteiger partial charge in [-0.25, -0.2) is 8.78 Å². The monoisotopic (exact) mass is 261 g/mol. The average molecular weight is 261 g/mol. The van der Waals surface area contributed by atoms with Crippen molar-refractivity contribution in [3.8, 4) is 0 Å². The van der Waals surface area contributed by atoms with E-state index < -0.39 is 17.7 Å². The highest BCUT2D eigenvalue weighted by molar-refractivity contribution is 5.41. The Bertz CT molecular complexity index is 573. The van der Waals surface area contributed by atoms with E-state index in [0.29, 0.717) is 0 Å². The Morgan fingerprint density at radius 2 is 1.53 bits per heavy atom. The van der Waals surface area contributed by atoms with Gasteiger partial charge in [0.05, 0.1) is 6.04 Å². The highest BCUT2D eigenvalue weighted by atomic mass is 19.1. The average Bonchev–Trinajstić information content (AvgIpc) is 2.38. The Kier molecular flexibility index (Phi) is 3.96. The van der Waals surface area contributed by atoms with Gasteiger partial charge in [0.25, 0.3) is 0 Å². The van der Waals surface area contributed by atoms with E-state index in [0.717, 1.165) is 16.7 Å². The molecule has 19 heavy (non-hydrogen) atoms. The summed E-state index contributed by atoms with van der Waals surface area (Å²) >= 11 is 0. The minimum absolute atomic E-state index is 0.0682. The molecule has 0 saturated carbocycles. The number of benzene rings is 2. The molecule has 1 unspecified atom stereocenters. The van der Waals surface area contributed by atoms with Crippen molar-refractivity contribution in [3.05, 3.63) is 70.3 Å². The van der Waals surface area contributed by atoms with Crippen LogP contribution in [0.25, 0.3) is 0 Å². The van der Waals surface area contributed by atoms with Gasteiger partial charge in [0, 0.05) is 5.56 Å². The van der Waals surface area contributed by atoms with Crippen molar-refractivity contribution in [1.82, 2.24) is 5.32 Å². The minimum Gasteiger partial charge on any atom is -0.309 e. The molecule has 0 spiro atoms. The van der Waals surface area contributed by atoms with Crippen LogP contribution in [0, 0.1) is 25.5 Å². The van der Waals surface area contributed by atoms with Crippen LogP contribution in [0.3, 0.4) is 0 Å². The van der Waals surface area contributed by atoms with Gasteiger partial charge in [-0.05, 0) is 49.7 Å². The van der Waals surface area contributed by atoms with E-state index in [-0.39, 0.29) is 5.56 Å². The lowest BCUT2D eigenvalue weighted by Gasteiger charge is -2.21. The summed E-state index contributed by atoms with van der Waals surface area (Å²) in [6.45, 7) is 3.96. The fourth-order valence-corrected chi connectivity index (χ4v) is 2.33. The first-order valence-corrected chi connectivity index (χ1v) is 6.23. The number of hydrogen-bond acceptors (Lipinski definition) is 1. The normalized spacial score (nSPS) is 12.5. The molecule has 100 valence electrons. The van der Waals surface area contributed by atoms with Crippen LogP contribution < -0.4 is 5.32 Å². The molecule has 0 aliphatic carbocycles. The van der Waals surface area contributed by atoms with Gasteiger partial charge in [0.2, 0.25) is 0 Å². The summed E-state index contributed by atoms with van der Waals surface area (Å²) in [5.41, 5.74) is 3.12. The Hall–Kier alpha value is -1.74. The third-order valence-corrected chi connectivity index (χ3v) is 3.53. The fraction of sp³-hybridized carbons (Fsp3) is 0.250. The molecule has 2 rings (SSSR count). The number of rotatable bonds is 3. The highest BCUT2D eigenvalue weighted by Crippen LogP contribution is 2.29. The second kappa shape index (κ2) is 5.49. The van der Waals surface area contributed by atoms with E-state index in [2.05, 4.69) is 5.32 Å².